The Morgan fingerprint density at radius 3 is 2.47 bits per heavy atom. The first-order valence-electron chi connectivity index (χ1n) is 9.63. The van der Waals surface area contributed by atoms with Crippen LogP contribution in [0.4, 0.5) is 17.6 Å². The molecule has 0 saturated carbocycles. The van der Waals surface area contributed by atoms with Gasteiger partial charge < -0.3 is 9.52 Å². The maximum atomic E-state index is 13.2. The summed E-state index contributed by atoms with van der Waals surface area (Å²) in [5.41, 5.74) is -2.26. The van der Waals surface area contributed by atoms with Crippen LogP contribution in [0, 0.1) is 5.82 Å². The molecule has 0 saturated heterocycles. The minimum atomic E-state index is -4.90. The number of aromatic nitrogens is 3. The molecule has 2 aromatic heterocycles. The topological polar surface area (TPSA) is 81.2 Å². The van der Waals surface area contributed by atoms with Crippen LogP contribution in [0.15, 0.2) is 63.9 Å². The van der Waals surface area contributed by atoms with Crippen molar-refractivity contribution < 1.29 is 27.1 Å². The molecule has 0 radical (unpaired) electrons. The number of aliphatic hydroxyl groups is 1. The van der Waals surface area contributed by atoms with E-state index in [4.69, 9.17) is 4.42 Å². The fraction of sp³-hybridized carbons (Fsp3) is 0.227. The lowest BCUT2D eigenvalue weighted by Gasteiger charge is -2.26. The van der Waals surface area contributed by atoms with Crippen molar-refractivity contribution in [2.45, 2.75) is 31.7 Å². The SMILES string of the molecule is CC[C@](O)(c1cn(Cc2ccc3c(-c4ccc(F)cc4)cc(=O)oc3c2)nn1)C(F)(F)F. The molecule has 0 fully saturated rings. The molecule has 1 N–H and O–H groups in total. The predicted octanol–water partition coefficient (Wildman–Crippen LogP) is 4.40. The molecule has 0 aliphatic heterocycles. The van der Waals surface area contributed by atoms with Gasteiger partial charge in [-0.15, -0.1) is 5.10 Å². The number of alkyl halides is 3. The Hall–Kier alpha value is -3.53. The van der Waals surface area contributed by atoms with Crippen LogP contribution in [-0.4, -0.2) is 26.3 Å². The van der Waals surface area contributed by atoms with E-state index in [1.807, 2.05) is 0 Å². The van der Waals surface area contributed by atoms with Crippen LogP contribution >= 0.6 is 0 Å². The highest BCUT2D eigenvalue weighted by atomic mass is 19.4. The van der Waals surface area contributed by atoms with Crippen molar-refractivity contribution in [2.75, 3.05) is 0 Å². The third-order valence-corrected chi connectivity index (χ3v) is 5.25. The van der Waals surface area contributed by atoms with Crippen molar-refractivity contribution in [3.63, 3.8) is 0 Å². The number of benzene rings is 2. The summed E-state index contributed by atoms with van der Waals surface area (Å²) in [5, 5.41) is 17.8. The quantitative estimate of drug-likeness (QED) is 0.362. The Labute approximate surface area is 178 Å². The highest BCUT2D eigenvalue weighted by Gasteiger charge is 2.55. The maximum Gasteiger partial charge on any atom is 0.423 e. The van der Waals surface area contributed by atoms with E-state index >= 15 is 0 Å². The van der Waals surface area contributed by atoms with Gasteiger partial charge in [0.05, 0.1) is 12.7 Å². The van der Waals surface area contributed by atoms with Crippen molar-refractivity contribution in [3.05, 3.63) is 82.2 Å². The zero-order chi connectivity index (χ0) is 23.1. The molecule has 2 aromatic carbocycles. The Morgan fingerprint density at radius 2 is 1.81 bits per heavy atom. The van der Waals surface area contributed by atoms with Crippen LogP contribution in [0.3, 0.4) is 0 Å². The third-order valence-electron chi connectivity index (χ3n) is 5.25. The van der Waals surface area contributed by atoms with E-state index in [9.17, 15) is 27.5 Å². The number of rotatable bonds is 5. The second-order valence-electron chi connectivity index (χ2n) is 7.33. The zero-order valence-corrected chi connectivity index (χ0v) is 16.7. The third kappa shape index (κ3) is 3.89. The summed E-state index contributed by atoms with van der Waals surface area (Å²) < 4.78 is 59.4. The van der Waals surface area contributed by atoms with Crippen molar-refractivity contribution >= 4 is 11.0 Å². The first kappa shape index (κ1) is 21.7. The normalized spacial score (nSPS) is 13.9. The average molecular weight is 447 g/mol. The highest BCUT2D eigenvalue weighted by Crippen LogP contribution is 2.40. The van der Waals surface area contributed by atoms with Crippen LogP contribution in [-0.2, 0) is 12.1 Å². The van der Waals surface area contributed by atoms with Gasteiger partial charge in [0.15, 0.2) is 0 Å². The van der Waals surface area contributed by atoms with E-state index in [1.165, 1.54) is 25.1 Å². The van der Waals surface area contributed by atoms with Crippen LogP contribution in [0.1, 0.15) is 24.6 Å². The molecule has 4 rings (SSSR count). The van der Waals surface area contributed by atoms with Crippen molar-refractivity contribution in [1.29, 1.82) is 0 Å². The molecule has 0 aliphatic carbocycles. The Kier molecular flexibility index (Phi) is 5.33. The van der Waals surface area contributed by atoms with Crippen LogP contribution in [0.2, 0.25) is 0 Å². The molecule has 2 heterocycles. The minimum Gasteiger partial charge on any atom is -0.423 e. The van der Waals surface area contributed by atoms with Gasteiger partial charge >= 0.3 is 11.8 Å². The first-order valence-corrected chi connectivity index (χ1v) is 9.63. The van der Waals surface area contributed by atoms with Gasteiger partial charge in [0, 0.05) is 11.5 Å². The highest BCUT2D eigenvalue weighted by molar-refractivity contribution is 5.93. The number of hydrogen-bond donors (Lipinski definition) is 1. The van der Waals surface area contributed by atoms with E-state index in [2.05, 4.69) is 10.3 Å². The molecule has 0 amide bonds. The standard InChI is InChI=1S/C22H17F4N3O3/c1-2-21(31,22(24,25)26)19-12-29(28-27-19)11-13-3-8-16-17(10-20(30)32-18(16)9-13)14-4-6-15(23)7-5-14/h3-10,12,31H,2,11H2,1H3/t21-/m0/s1. The predicted molar refractivity (Wildman–Crippen MR) is 107 cm³/mol. The van der Waals surface area contributed by atoms with Gasteiger partial charge in [0.25, 0.3) is 0 Å². The monoisotopic (exact) mass is 447 g/mol. The smallest absolute Gasteiger partial charge is 0.423 e. The van der Waals surface area contributed by atoms with Crippen LogP contribution < -0.4 is 5.63 Å². The van der Waals surface area contributed by atoms with E-state index < -0.39 is 35.3 Å². The Balaban J connectivity index is 1.68. The number of halogens is 4. The summed E-state index contributed by atoms with van der Waals surface area (Å²) in [6, 6.07) is 11.9. The van der Waals surface area contributed by atoms with Gasteiger partial charge in [-0.05, 0) is 41.3 Å². The summed E-state index contributed by atoms with van der Waals surface area (Å²) in [6.45, 7) is 1.24. The van der Waals surface area contributed by atoms with Crippen LogP contribution in [0.25, 0.3) is 22.1 Å². The molecule has 0 spiro atoms. The molecular weight excluding hydrogens is 430 g/mol. The number of hydrogen-bond acceptors (Lipinski definition) is 5. The van der Waals surface area contributed by atoms with Gasteiger partial charge in [0.1, 0.15) is 17.1 Å². The fourth-order valence-electron chi connectivity index (χ4n) is 3.45. The first-order chi connectivity index (χ1) is 15.1. The molecule has 1 atom stereocenters. The largest absolute Gasteiger partial charge is 0.423 e. The summed E-state index contributed by atoms with van der Waals surface area (Å²) in [6.07, 6.45) is -4.47. The Morgan fingerprint density at radius 1 is 1.09 bits per heavy atom. The lowest BCUT2D eigenvalue weighted by Crippen LogP contribution is -2.42. The average Bonchev–Trinajstić information content (AvgIpc) is 3.21. The second-order valence-corrected chi connectivity index (χ2v) is 7.33. The van der Waals surface area contributed by atoms with E-state index in [0.717, 1.165) is 10.9 Å². The van der Waals surface area contributed by atoms with Gasteiger partial charge in [-0.1, -0.05) is 36.4 Å². The maximum absolute atomic E-state index is 13.2. The van der Waals surface area contributed by atoms with Crippen LogP contribution in [0.5, 0.6) is 0 Å². The van der Waals surface area contributed by atoms with Crippen molar-refractivity contribution in [3.8, 4) is 11.1 Å². The summed E-state index contributed by atoms with van der Waals surface area (Å²) in [7, 11) is 0. The molecule has 166 valence electrons. The van der Waals surface area contributed by atoms with Crippen molar-refractivity contribution in [1.82, 2.24) is 15.0 Å². The lowest BCUT2D eigenvalue weighted by molar-refractivity contribution is -0.269. The van der Waals surface area contributed by atoms with E-state index in [-0.39, 0.29) is 12.1 Å². The minimum absolute atomic E-state index is 0.0328. The molecule has 6 nitrogen and oxygen atoms in total. The second kappa shape index (κ2) is 7.86. The van der Waals surface area contributed by atoms with Gasteiger partial charge in [-0.25, -0.2) is 13.9 Å². The van der Waals surface area contributed by atoms with Crippen molar-refractivity contribution in [2.24, 2.45) is 0 Å². The molecule has 4 aromatic rings. The number of fused-ring (bicyclic) bond motifs is 1. The zero-order valence-electron chi connectivity index (χ0n) is 16.7. The Bertz CT molecular complexity index is 1330. The molecular formula is C22H17F4N3O3. The fourth-order valence-corrected chi connectivity index (χ4v) is 3.45. The lowest BCUT2D eigenvalue weighted by atomic mass is 9.96. The number of nitrogens with zero attached hydrogens (tertiary/aromatic N) is 3. The van der Waals surface area contributed by atoms with Gasteiger partial charge in [-0.2, -0.15) is 13.2 Å². The molecule has 10 heteroatoms. The van der Waals surface area contributed by atoms with Gasteiger partial charge in [0.2, 0.25) is 5.60 Å². The molecule has 32 heavy (non-hydrogen) atoms. The van der Waals surface area contributed by atoms with Gasteiger partial charge in [-0.3, -0.25) is 0 Å². The summed E-state index contributed by atoms with van der Waals surface area (Å²) in [4.78, 5) is 12.1. The molecule has 0 unspecified atom stereocenters. The summed E-state index contributed by atoms with van der Waals surface area (Å²) >= 11 is 0. The summed E-state index contributed by atoms with van der Waals surface area (Å²) in [5.74, 6) is -0.406. The van der Waals surface area contributed by atoms with E-state index in [1.54, 1.807) is 30.3 Å². The molecule has 0 aliphatic rings. The van der Waals surface area contributed by atoms with E-state index in [0.29, 0.717) is 22.1 Å². The molecule has 0 bridgehead atoms.